The lowest BCUT2D eigenvalue weighted by atomic mass is 9.98. The molecule has 0 aliphatic carbocycles. The third-order valence-corrected chi connectivity index (χ3v) is 3.38. The number of hydrogen-bond donors (Lipinski definition) is 1. The van der Waals surface area contributed by atoms with Crippen LogP contribution < -0.4 is 15.0 Å². The van der Waals surface area contributed by atoms with Crippen LogP contribution in [0.5, 0.6) is 5.75 Å². The molecule has 1 saturated heterocycles. The van der Waals surface area contributed by atoms with E-state index in [2.05, 4.69) is 35.7 Å². The van der Waals surface area contributed by atoms with Crippen LogP contribution >= 0.6 is 0 Å². The average molecular weight is 288 g/mol. The van der Waals surface area contributed by atoms with E-state index in [9.17, 15) is 13.2 Å². The topological polar surface area (TPSA) is 24.5 Å². The van der Waals surface area contributed by atoms with Gasteiger partial charge in [0, 0.05) is 30.4 Å². The van der Waals surface area contributed by atoms with Crippen molar-refractivity contribution in [1.82, 2.24) is 5.32 Å². The van der Waals surface area contributed by atoms with Gasteiger partial charge in [0.25, 0.3) is 0 Å². The Balaban J connectivity index is 2.13. The molecular formula is C14H19F3N2O. The number of alkyl halides is 3. The van der Waals surface area contributed by atoms with E-state index < -0.39 is 6.36 Å². The minimum Gasteiger partial charge on any atom is -0.406 e. The van der Waals surface area contributed by atoms with Gasteiger partial charge in [-0.3, -0.25) is 0 Å². The summed E-state index contributed by atoms with van der Waals surface area (Å²) >= 11 is 0. The maximum Gasteiger partial charge on any atom is 0.573 e. The Morgan fingerprint density at radius 1 is 1.25 bits per heavy atom. The monoisotopic (exact) mass is 288 g/mol. The van der Waals surface area contributed by atoms with E-state index in [1.807, 2.05) is 0 Å². The second kappa shape index (κ2) is 5.16. The summed E-state index contributed by atoms with van der Waals surface area (Å²) in [5.74, 6) is -0.191. The van der Waals surface area contributed by atoms with Crippen LogP contribution in [0.2, 0.25) is 0 Å². The van der Waals surface area contributed by atoms with Crippen LogP contribution in [0.1, 0.15) is 20.8 Å². The standard InChI is InChI=1S/C14H19F3N2O/c1-10-8-18-13(2,3)9-19(10)11-4-6-12(7-5-11)20-14(15,16)17/h4-7,10,18H,8-9H2,1-3H3. The highest BCUT2D eigenvalue weighted by molar-refractivity contribution is 5.51. The number of ether oxygens (including phenoxy) is 1. The molecule has 1 atom stereocenters. The fourth-order valence-corrected chi connectivity index (χ4v) is 2.36. The molecule has 6 heteroatoms. The summed E-state index contributed by atoms with van der Waals surface area (Å²) in [6.07, 6.45) is -4.65. The smallest absolute Gasteiger partial charge is 0.406 e. The number of halogens is 3. The first-order chi connectivity index (χ1) is 9.16. The molecule has 2 rings (SSSR count). The van der Waals surface area contributed by atoms with Gasteiger partial charge < -0.3 is 15.0 Å². The number of hydrogen-bond acceptors (Lipinski definition) is 3. The Labute approximate surface area is 116 Å². The maximum absolute atomic E-state index is 12.1. The van der Waals surface area contributed by atoms with Crippen molar-refractivity contribution in [2.45, 2.75) is 38.7 Å². The molecular weight excluding hydrogens is 269 g/mol. The van der Waals surface area contributed by atoms with Crippen LogP contribution in [0.4, 0.5) is 18.9 Å². The molecule has 1 aliphatic heterocycles. The minimum atomic E-state index is -4.65. The predicted octanol–water partition coefficient (Wildman–Crippen LogP) is 3.16. The van der Waals surface area contributed by atoms with Crippen molar-refractivity contribution < 1.29 is 17.9 Å². The van der Waals surface area contributed by atoms with Gasteiger partial charge in [-0.2, -0.15) is 0 Å². The van der Waals surface area contributed by atoms with Crippen LogP contribution in [-0.4, -0.2) is 31.0 Å². The number of nitrogens with zero attached hydrogens (tertiary/aromatic N) is 1. The normalized spacial score (nSPS) is 22.7. The van der Waals surface area contributed by atoms with Crippen molar-refractivity contribution in [3.05, 3.63) is 24.3 Å². The molecule has 1 aromatic rings. The predicted molar refractivity (Wildman–Crippen MR) is 72.0 cm³/mol. The van der Waals surface area contributed by atoms with Crippen LogP contribution in [-0.2, 0) is 0 Å². The highest BCUT2D eigenvalue weighted by Crippen LogP contribution is 2.28. The molecule has 1 fully saturated rings. The molecule has 112 valence electrons. The Morgan fingerprint density at radius 3 is 2.40 bits per heavy atom. The number of nitrogens with one attached hydrogen (secondary N) is 1. The van der Waals surface area contributed by atoms with Gasteiger partial charge in [0.05, 0.1) is 0 Å². The number of rotatable bonds is 2. The van der Waals surface area contributed by atoms with E-state index in [0.29, 0.717) is 0 Å². The third kappa shape index (κ3) is 3.79. The highest BCUT2D eigenvalue weighted by Gasteiger charge is 2.32. The van der Waals surface area contributed by atoms with Crippen LogP contribution in [0.3, 0.4) is 0 Å². The number of piperazine rings is 1. The molecule has 0 aromatic heterocycles. The fraction of sp³-hybridized carbons (Fsp3) is 0.571. The SMILES string of the molecule is CC1CNC(C)(C)CN1c1ccc(OC(F)(F)F)cc1. The fourth-order valence-electron chi connectivity index (χ4n) is 2.36. The Hall–Kier alpha value is -1.43. The van der Waals surface area contributed by atoms with E-state index in [-0.39, 0.29) is 17.3 Å². The zero-order chi connectivity index (χ0) is 15.0. The van der Waals surface area contributed by atoms with Crippen LogP contribution in [0.15, 0.2) is 24.3 Å². The molecule has 1 aliphatic rings. The lowest BCUT2D eigenvalue weighted by Gasteiger charge is -2.44. The summed E-state index contributed by atoms with van der Waals surface area (Å²) in [7, 11) is 0. The van der Waals surface area contributed by atoms with Crippen molar-refractivity contribution in [1.29, 1.82) is 0 Å². The molecule has 3 nitrogen and oxygen atoms in total. The molecule has 0 bridgehead atoms. The molecule has 0 spiro atoms. The van der Waals surface area contributed by atoms with Crippen LogP contribution in [0.25, 0.3) is 0 Å². The van der Waals surface area contributed by atoms with E-state index in [1.54, 1.807) is 12.1 Å². The lowest BCUT2D eigenvalue weighted by Crippen LogP contribution is -2.61. The Bertz CT molecular complexity index is 456. The summed E-state index contributed by atoms with van der Waals surface area (Å²) in [5.41, 5.74) is 0.884. The first-order valence-corrected chi connectivity index (χ1v) is 6.54. The molecule has 0 amide bonds. The highest BCUT2D eigenvalue weighted by atomic mass is 19.4. The molecule has 1 heterocycles. The van der Waals surface area contributed by atoms with E-state index in [1.165, 1.54) is 12.1 Å². The first kappa shape index (κ1) is 15.0. The van der Waals surface area contributed by atoms with Crippen molar-refractivity contribution in [3.63, 3.8) is 0 Å². The minimum absolute atomic E-state index is 0.0202. The molecule has 1 unspecified atom stereocenters. The van der Waals surface area contributed by atoms with Gasteiger partial charge in [-0.15, -0.1) is 13.2 Å². The number of anilines is 1. The molecule has 0 saturated carbocycles. The molecule has 0 radical (unpaired) electrons. The van der Waals surface area contributed by atoms with Crippen molar-refractivity contribution in [2.24, 2.45) is 0 Å². The Morgan fingerprint density at radius 2 is 1.85 bits per heavy atom. The van der Waals surface area contributed by atoms with Gasteiger partial charge in [0.2, 0.25) is 0 Å². The van der Waals surface area contributed by atoms with E-state index in [0.717, 1.165) is 18.8 Å². The first-order valence-electron chi connectivity index (χ1n) is 6.54. The van der Waals surface area contributed by atoms with Gasteiger partial charge in [0.1, 0.15) is 5.75 Å². The van der Waals surface area contributed by atoms with Gasteiger partial charge in [-0.05, 0) is 45.0 Å². The van der Waals surface area contributed by atoms with Gasteiger partial charge in [0.15, 0.2) is 0 Å². The zero-order valence-corrected chi connectivity index (χ0v) is 11.8. The molecule has 1 aromatic carbocycles. The molecule has 1 N–H and O–H groups in total. The largest absolute Gasteiger partial charge is 0.573 e. The Kier molecular flexibility index (Phi) is 3.86. The average Bonchev–Trinajstić information content (AvgIpc) is 2.31. The maximum atomic E-state index is 12.1. The lowest BCUT2D eigenvalue weighted by molar-refractivity contribution is -0.274. The quantitative estimate of drug-likeness (QED) is 0.904. The van der Waals surface area contributed by atoms with Gasteiger partial charge >= 0.3 is 6.36 Å². The van der Waals surface area contributed by atoms with Gasteiger partial charge in [-0.1, -0.05) is 0 Å². The van der Waals surface area contributed by atoms with E-state index >= 15 is 0 Å². The third-order valence-electron chi connectivity index (χ3n) is 3.38. The van der Waals surface area contributed by atoms with Crippen molar-refractivity contribution in [3.8, 4) is 5.75 Å². The van der Waals surface area contributed by atoms with Crippen molar-refractivity contribution >= 4 is 5.69 Å². The molecule has 20 heavy (non-hydrogen) atoms. The summed E-state index contributed by atoms with van der Waals surface area (Å²) in [6.45, 7) is 7.93. The summed E-state index contributed by atoms with van der Waals surface area (Å²) in [4.78, 5) is 2.19. The summed E-state index contributed by atoms with van der Waals surface area (Å²) in [6, 6.07) is 6.32. The van der Waals surface area contributed by atoms with Crippen molar-refractivity contribution in [2.75, 3.05) is 18.0 Å². The summed E-state index contributed by atoms with van der Waals surface area (Å²) in [5, 5.41) is 3.44. The van der Waals surface area contributed by atoms with E-state index in [4.69, 9.17) is 0 Å². The number of benzene rings is 1. The van der Waals surface area contributed by atoms with Crippen LogP contribution in [0, 0.1) is 0 Å². The summed E-state index contributed by atoms with van der Waals surface area (Å²) < 4.78 is 40.2. The second-order valence-corrected chi connectivity index (χ2v) is 5.78. The second-order valence-electron chi connectivity index (χ2n) is 5.78. The zero-order valence-electron chi connectivity index (χ0n) is 11.8. The van der Waals surface area contributed by atoms with Gasteiger partial charge in [-0.25, -0.2) is 0 Å².